The highest BCUT2D eigenvalue weighted by Gasteiger charge is 2.01. The molecule has 4 nitrogen and oxygen atoms in total. The number of para-hydroxylation sites is 5. The van der Waals surface area contributed by atoms with Crippen LogP contribution in [0.25, 0.3) is 27.8 Å². The van der Waals surface area contributed by atoms with E-state index in [0.717, 1.165) is 27.8 Å². The van der Waals surface area contributed by atoms with E-state index in [4.69, 9.17) is 0 Å². The van der Waals surface area contributed by atoms with Crippen molar-refractivity contribution in [2.24, 2.45) is 0 Å². The van der Waals surface area contributed by atoms with E-state index in [-0.39, 0.29) is 0 Å². The van der Waals surface area contributed by atoms with Gasteiger partial charge in [0, 0.05) is 5.69 Å². The van der Waals surface area contributed by atoms with Gasteiger partial charge in [0.2, 0.25) is 0 Å². The van der Waals surface area contributed by atoms with Crippen LogP contribution >= 0.6 is 0 Å². The monoisotopic (exact) mass is 312 g/mol. The standard InChI is InChI=1S/C13H10N2.C7H6N2/c1-2-6-11(7-3-1)15-10-14-12-8-4-5-9-13(12)15;1-2-4-7-6(3-1)8-5-9-7/h1-10H;1-5H,(H,8,9). The van der Waals surface area contributed by atoms with Crippen molar-refractivity contribution < 1.29 is 0 Å². The number of aromatic amines is 1. The van der Waals surface area contributed by atoms with Gasteiger partial charge in [0.05, 0.1) is 28.4 Å². The smallest absolute Gasteiger partial charge is 0.100 e. The minimum atomic E-state index is 1.03. The number of nitrogens with zero attached hydrogens (tertiary/aromatic N) is 3. The SMILES string of the molecule is c1ccc(-n2cnc3ccccc32)cc1.c1ccc2[nH]cnc2c1. The second-order valence-electron chi connectivity index (χ2n) is 5.36. The fraction of sp³-hybridized carbons (Fsp3) is 0. The van der Waals surface area contributed by atoms with Gasteiger partial charge in [-0.3, -0.25) is 4.57 Å². The molecule has 0 saturated heterocycles. The molecule has 0 unspecified atom stereocenters. The molecule has 0 saturated carbocycles. The molecule has 24 heavy (non-hydrogen) atoms. The van der Waals surface area contributed by atoms with E-state index in [1.807, 2.05) is 67.0 Å². The Morgan fingerprint density at radius 2 is 1.38 bits per heavy atom. The largest absolute Gasteiger partial charge is 0.345 e. The Morgan fingerprint density at radius 1 is 0.667 bits per heavy atom. The third kappa shape index (κ3) is 2.77. The van der Waals surface area contributed by atoms with Gasteiger partial charge < -0.3 is 4.98 Å². The van der Waals surface area contributed by atoms with Gasteiger partial charge in [-0.05, 0) is 36.4 Å². The van der Waals surface area contributed by atoms with Crippen LogP contribution in [0.4, 0.5) is 0 Å². The van der Waals surface area contributed by atoms with Gasteiger partial charge in [-0.2, -0.15) is 0 Å². The van der Waals surface area contributed by atoms with Crippen molar-refractivity contribution in [2.75, 3.05) is 0 Å². The molecule has 5 aromatic rings. The zero-order chi connectivity index (χ0) is 16.2. The van der Waals surface area contributed by atoms with Crippen molar-refractivity contribution in [1.82, 2.24) is 19.5 Å². The van der Waals surface area contributed by atoms with Crippen molar-refractivity contribution in [1.29, 1.82) is 0 Å². The number of aromatic nitrogens is 4. The summed E-state index contributed by atoms with van der Waals surface area (Å²) in [5.74, 6) is 0. The maximum Gasteiger partial charge on any atom is 0.100 e. The fourth-order valence-electron chi connectivity index (χ4n) is 2.63. The van der Waals surface area contributed by atoms with Gasteiger partial charge in [0.25, 0.3) is 0 Å². The first-order valence-corrected chi connectivity index (χ1v) is 7.77. The lowest BCUT2D eigenvalue weighted by molar-refractivity contribution is 1.09. The summed E-state index contributed by atoms with van der Waals surface area (Å²) in [7, 11) is 0. The van der Waals surface area contributed by atoms with Crippen LogP contribution in [0.2, 0.25) is 0 Å². The molecule has 0 fully saturated rings. The van der Waals surface area contributed by atoms with E-state index in [0.29, 0.717) is 0 Å². The highest BCUT2D eigenvalue weighted by atomic mass is 15.0. The molecule has 1 N–H and O–H groups in total. The first-order valence-electron chi connectivity index (χ1n) is 7.77. The summed E-state index contributed by atoms with van der Waals surface area (Å²) in [6, 6.07) is 26.3. The van der Waals surface area contributed by atoms with Crippen molar-refractivity contribution in [3.05, 3.63) is 91.5 Å². The van der Waals surface area contributed by atoms with Crippen LogP contribution in [0.15, 0.2) is 91.5 Å². The lowest BCUT2D eigenvalue weighted by atomic mass is 10.3. The van der Waals surface area contributed by atoms with Gasteiger partial charge in [0.15, 0.2) is 0 Å². The summed E-state index contributed by atoms with van der Waals surface area (Å²) < 4.78 is 2.09. The van der Waals surface area contributed by atoms with E-state index >= 15 is 0 Å². The third-order valence-corrected chi connectivity index (χ3v) is 3.82. The van der Waals surface area contributed by atoms with Crippen molar-refractivity contribution in [3.63, 3.8) is 0 Å². The van der Waals surface area contributed by atoms with Gasteiger partial charge in [0.1, 0.15) is 6.33 Å². The molecule has 2 heterocycles. The van der Waals surface area contributed by atoms with Crippen LogP contribution in [0.3, 0.4) is 0 Å². The molecule has 0 amide bonds. The number of hydrogen-bond acceptors (Lipinski definition) is 2. The minimum Gasteiger partial charge on any atom is -0.345 e. The summed E-state index contributed by atoms with van der Waals surface area (Å²) in [5, 5.41) is 0. The molecule has 0 bridgehead atoms. The Bertz CT molecular complexity index is 1030. The Hall–Kier alpha value is -3.40. The van der Waals surface area contributed by atoms with Crippen LogP contribution in [0.1, 0.15) is 0 Å². The number of imidazole rings is 2. The van der Waals surface area contributed by atoms with Crippen LogP contribution in [0, 0.1) is 0 Å². The second kappa shape index (κ2) is 6.38. The molecule has 0 spiro atoms. The Labute approximate surface area is 139 Å². The topological polar surface area (TPSA) is 46.5 Å². The molecule has 5 rings (SSSR count). The lowest BCUT2D eigenvalue weighted by Gasteiger charge is -2.02. The number of hydrogen-bond donors (Lipinski definition) is 1. The quantitative estimate of drug-likeness (QED) is 0.492. The van der Waals surface area contributed by atoms with Crippen LogP contribution in [-0.4, -0.2) is 19.5 Å². The van der Waals surface area contributed by atoms with Gasteiger partial charge in [-0.1, -0.05) is 42.5 Å². The zero-order valence-corrected chi connectivity index (χ0v) is 13.0. The predicted octanol–water partition coefficient (Wildman–Crippen LogP) is 4.59. The average Bonchev–Trinajstić information content (AvgIpc) is 3.30. The molecule has 0 aliphatic heterocycles. The number of H-pyrrole nitrogens is 1. The summed E-state index contributed by atoms with van der Waals surface area (Å²) in [4.78, 5) is 11.4. The predicted molar refractivity (Wildman–Crippen MR) is 97.2 cm³/mol. The first kappa shape index (κ1) is 14.2. The maximum atomic E-state index is 4.36. The van der Waals surface area contributed by atoms with Crippen LogP contribution in [-0.2, 0) is 0 Å². The summed E-state index contributed by atoms with van der Waals surface area (Å²) >= 11 is 0. The molecule has 3 aromatic carbocycles. The summed E-state index contributed by atoms with van der Waals surface area (Å²) in [6.45, 7) is 0. The van der Waals surface area contributed by atoms with Crippen molar-refractivity contribution in [3.8, 4) is 5.69 Å². The number of fused-ring (bicyclic) bond motifs is 2. The Balaban J connectivity index is 0.000000138. The molecule has 0 radical (unpaired) electrons. The highest BCUT2D eigenvalue weighted by Crippen LogP contribution is 2.16. The number of nitrogens with one attached hydrogen (secondary N) is 1. The molecule has 116 valence electrons. The van der Waals surface area contributed by atoms with Crippen LogP contribution in [0.5, 0.6) is 0 Å². The average molecular weight is 312 g/mol. The normalized spacial score (nSPS) is 10.5. The third-order valence-electron chi connectivity index (χ3n) is 3.82. The lowest BCUT2D eigenvalue weighted by Crippen LogP contribution is -1.90. The van der Waals surface area contributed by atoms with Crippen molar-refractivity contribution >= 4 is 22.1 Å². The van der Waals surface area contributed by atoms with E-state index in [9.17, 15) is 0 Å². The fourth-order valence-corrected chi connectivity index (χ4v) is 2.63. The molecule has 2 aromatic heterocycles. The highest BCUT2D eigenvalue weighted by molar-refractivity contribution is 5.77. The molecular formula is C20H16N4. The van der Waals surface area contributed by atoms with E-state index in [1.54, 1.807) is 6.33 Å². The number of benzene rings is 3. The number of rotatable bonds is 1. The van der Waals surface area contributed by atoms with Crippen LogP contribution < -0.4 is 0 Å². The van der Waals surface area contributed by atoms with Gasteiger partial charge >= 0.3 is 0 Å². The molecule has 0 aliphatic carbocycles. The minimum absolute atomic E-state index is 1.03. The molecular weight excluding hydrogens is 296 g/mol. The molecule has 4 heteroatoms. The van der Waals surface area contributed by atoms with E-state index in [1.165, 1.54) is 0 Å². The zero-order valence-electron chi connectivity index (χ0n) is 13.0. The Kier molecular flexibility index (Phi) is 3.78. The first-order chi connectivity index (χ1) is 11.9. The van der Waals surface area contributed by atoms with E-state index < -0.39 is 0 Å². The summed E-state index contributed by atoms with van der Waals surface area (Å²) in [5.41, 5.74) is 5.44. The van der Waals surface area contributed by atoms with Gasteiger partial charge in [-0.25, -0.2) is 9.97 Å². The van der Waals surface area contributed by atoms with Crippen molar-refractivity contribution in [2.45, 2.75) is 0 Å². The Morgan fingerprint density at radius 3 is 2.21 bits per heavy atom. The molecule has 0 atom stereocenters. The van der Waals surface area contributed by atoms with Gasteiger partial charge in [-0.15, -0.1) is 0 Å². The van der Waals surface area contributed by atoms with E-state index in [2.05, 4.69) is 37.7 Å². The maximum absolute atomic E-state index is 4.36. The second-order valence-corrected chi connectivity index (χ2v) is 5.36. The molecule has 0 aliphatic rings. The summed E-state index contributed by atoms with van der Waals surface area (Å²) in [6.07, 6.45) is 3.56.